The second-order valence-corrected chi connectivity index (χ2v) is 4.23. The number of thiophene rings is 1. The Morgan fingerprint density at radius 3 is 3.17 bits per heavy atom. The van der Waals surface area contributed by atoms with E-state index in [1.807, 2.05) is 0 Å². The maximum Gasteiger partial charge on any atom is 0.0568 e. The van der Waals surface area contributed by atoms with E-state index < -0.39 is 0 Å². The van der Waals surface area contributed by atoms with Gasteiger partial charge in [-0.05, 0) is 30.8 Å². The van der Waals surface area contributed by atoms with E-state index in [-0.39, 0.29) is 0 Å². The van der Waals surface area contributed by atoms with Crippen LogP contribution in [0.25, 0.3) is 0 Å². The third kappa shape index (κ3) is 1.53. The molecule has 2 rings (SSSR count). The third-order valence-corrected chi connectivity index (χ3v) is 3.31. The number of rotatable bonds is 1. The first-order valence-corrected chi connectivity index (χ1v) is 5.28. The maximum absolute atomic E-state index is 6.01. The fourth-order valence-corrected chi connectivity index (χ4v) is 2.57. The van der Waals surface area contributed by atoms with Crippen LogP contribution in [-0.2, 0) is 0 Å². The van der Waals surface area contributed by atoms with Gasteiger partial charge in [-0.25, -0.2) is 0 Å². The first kappa shape index (κ1) is 8.23. The van der Waals surface area contributed by atoms with Gasteiger partial charge in [0, 0.05) is 10.9 Å². The summed E-state index contributed by atoms with van der Waals surface area (Å²) >= 11 is 1.79. The smallest absolute Gasteiger partial charge is 0.0568 e. The van der Waals surface area contributed by atoms with Crippen LogP contribution in [0, 0.1) is 0 Å². The van der Waals surface area contributed by atoms with Gasteiger partial charge in [0.2, 0.25) is 0 Å². The van der Waals surface area contributed by atoms with Gasteiger partial charge in [-0.3, -0.25) is 0 Å². The molecule has 0 spiro atoms. The quantitative estimate of drug-likeness (QED) is 0.690. The Bertz CT molecular complexity index is 233. The second kappa shape index (κ2) is 3.56. The van der Waals surface area contributed by atoms with Gasteiger partial charge < -0.3 is 11.1 Å². The Labute approximate surface area is 76.8 Å². The Kier molecular flexibility index (Phi) is 2.44. The van der Waals surface area contributed by atoms with E-state index in [1.54, 1.807) is 11.3 Å². The molecule has 3 N–H and O–H groups in total. The van der Waals surface area contributed by atoms with Gasteiger partial charge in [0.05, 0.1) is 6.04 Å². The largest absolute Gasteiger partial charge is 0.326 e. The Hall–Kier alpha value is -0.380. The Balaban J connectivity index is 2.11. The zero-order valence-corrected chi connectivity index (χ0v) is 7.81. The third-order valence-electron chi connectivity index (χ3n) is 2.36. The van der Waals surface area contributed by atoms with Crippen molar-refractivity contribution < 1.29 is 0 Å². The zero-order chi connectivity index (χ0) is 8.39. The van der Waals surface area contributed by atoms with Crippen molar-refractivity contribution in [3.05, 3.63) is 22.4 Å². The van der Waals surface area contributed by atoms with E-state index in [4.69, 9.17) is 5.73 Å². The molecule has 12 heavy (non-hydrogen) atoms. The van der Waals surface area contributed by atoms with Gasteiger partial charge in [0.15, 0.2) is 0 Å². The monoisotopic (exact) mass is 182 g/mol. The molecule has 2 heterocycles. The van der Waals surface area contributed by atoms with Crippen molar-refractivity contribution in [1.29, 1.82) is 0 Å². The average Bonchev–Trinajstić information content (AvgIpc) is 2.57. The summed E-state index contributed by atoms with van der Waals surface area (Å²) in [4.78, 5) is 1.38. The molecule has 1 saturated heterocycles. The number of hydrogen-bond donors (Lipinski definition) is 2. The molecule has 2 atom stereocenters. The van der Waals surface area contributed by atoms with E-state index >= 15 is 0 Å². The summed E-state index contributed by atoms with van der Waals surface area (Å²) < 4.78 is 0. The Morgan fingerprint density at radius 2 is 2.50 bits per heavy atom. The molecule has 1 aromatic rings. The van der Waals surface area contributed by atoms with Crippen molar-refractivity contribution in [1.82, 2.24) is 5.32 Å². The van der Waals surface area contributed by atoms with Gasteiger partial charge in [0.25, 0.3) is 0 Å². The topological polar surface area (TPSA) is 38.0 Å². The lowest BCUT2D eigenvalue weighted by Gasteiger charge is -2.28. The molecule has 1 aliphatic heterocycles. The van der Waals surface area contributed by atoms with Crippen LogP contribution in [0.1, 0.15) is 23.8 Å². The van der Waals surface area contributed by atoms with Gasteiger partial charge in [-0.15, -0.1) is 11.3 Å². The minimum absolute atomic E-state index is 0.303. The van der Waals surface area contributed by atoms with Crippen LogP contribution in [-0.4, -0.2) is 12.6 Å². The van der Waals surface area contributed by atoms with Crippen LogP contribution in [0.3, 0.4) is 0 Å². The molecule has 0 saturated carbocycles. The summed E-state index contributed by atoms with van der Waals surface area (Å²) in [6.45, 7) is 1.11. The minimum atomic E-state index is 0.303. The Morgan fingerprint density at radius 1 is 1.58 bits per heavy atom. The molecule has 0 aliphatic carbocycles. The molecule has 0 aromatic carbocycles. The number of hydrogen-bond acceptors (Lipinski definition) is 3. The van der Waals surface area contributed by atoms with Crippen molar-refractivity contribution in [3.8, 4) is 0 Å². The SMILES string of the molecule is NC1CCCNC1c1cccs1. The van der Waals surface area contributed by atoms with E-state index in [2.05, 4.69) is 22.8 Å². The van der Waals surface area contributed by atoms with Crippen LogP contribution in [0.15, 0.2) is 17.5 Å². The molecule has 0 radical (unpaired) electrons. The highest BCUT2D eigenvalue weighted by Crippen LogP contribution is 2.25. The molecule has 0 amide bonds. The average molecular weight is 182 g/mol. The lowest BCUT2D eigenvalue weighted by molar-refractivity contribution is 0.362. The first-order valence-electron chi connectivity index (χ1n) is 4.40. The number of nitrogens with two attached hydrogens (primary N) is 1. The minimum Gasteiger partial charge on any atom is -0.326 e. The predicted octanol–water partition coefficient (Wildman–Crippen LogP) is 1.50. The van der Waals surface area contributed by atoms with Crippen molar-refractivity contribution in [2.24, 2.45) is 5.73 Å². The van der Waals surface area contributed by atoms with Gasteiger partial charge in [-0.2, -0.15) is 0 Å². The molecule has 1 fully saturated rings. The van der Waals surface area contributed by atoms with Crippen LogP contribution in [0.4, 0.5) is 0 Å². The normalized spacial score (nSPS) is 30.4. The van der Waals surface area contributed by atoms with E-state index in [9.17, 15) is 0 Å². The summed E-state index contributed by atoms with van der Waals surface area (Å²) in [6, 6.07) is 4.95. The van der Waals surface area contributed by atoms with Crippen molar-refractivity contribution in [2.75, 3.05) is 6.54 Å². The zero-order valence-electron chi connectivity index (χ0n) is 6.99. The maximum atomic E-state index is 6.01. The molecule has 66 valence electrons. The molecule has 2 unspecified atom stereocenters. The molecule has 1 aliphatic rings. The molecular formula is C9H14N2S. The summed E-state index contributed by atoms with van der Waals surface area (Å²) in [5.41, 5.74) is 6.01. The molecule has 3 heteroatoms. The van der Waals surface area contributed by atoms with Gasteiger partial charge in [-0.1, -0.05) is 6.07 Å². The summed E-state index contributed by atoms with van der Waals surface area (Å²) in [6.07, 6.45) is 2.36. The highest BCUT2D eigenvalue weighted by Gasteiger charge is 2.22. The standard InChI is InChI=1S/C9H14N2S/c10-7-3-1-5-11-9(7)8-4-2-6-12-8/h2,4,6-7,9,11H,1,3,5,10H2. The summed E-state index contributed by atoms with van der Waals surface area (Å²) in [7, 11) is 0. The predicted molar refractivity (Wildman–Crippen MR) is 52.3 cm³/mol. The van der Waals surface area contributed by atoms with Crippen LogP contribution >= 0.6 is 11.3 Å². The van der Waals surface area contributed by atoms with E-state index in [1.165, 1.54) is 11.3 Å². The number of nitrogens with one attached hydrogen (secondary N) is 1. The number of piperidine rings is 1. The summed E-state index contributed by atoms with van der Waals surface area (Å²) in [5, 5.41) is 5.57. The summed E-state index contributed by atoms with van der Waals surface area (Å²) in [5.74, 6) is 0. The van der Waals surface area contributed by atoms with Crippen molar-refractivity contribution in [2.45, 2.75) is 24.9 Å². The van der Waals surface area contributed by atoms with Crippen LogP contribution < -0.4 is 11.1 Å². The van der Waals surface area contributed by atoms with Crippen LogP contribution in [0.5, 0.6) is 0 Å². The van der Waals surface area contributed by atoms with Gasteiger partial charge >= 0.3 is 0 Å². The highest BCUT2D eigenvalue weighted by atomic mass is 32.1. The molecular weight excluding hydrogens is 168 g/mol. The lowest BCUT2D eigenvalue weighted by atomic mass is 9.98. The lowest BCUT2D eigenvalue weighted by Crippen LogP contribution is -2.42. The van der Waals surface area contributed by atoms with Gasteiger partial charge in [0.1, 0.15) is 0 Å². The van der Waals surface area contributed by atoms with E-state index in [0.29, 0.717) is 12.1 Å². The fourth-order valence-electron chi connectivity index (χ4n) is 1.69. The van der Waals surface area contributed by atoms with Crippen molar-refractivity contribution >= 4 is 11.3 Å². The molecule has 1 aromatic heterocycles. The van der Waals surface area contributed by atoms with E-state index in [0.717, 1.165) is 13.0 Å². The first-order chi connectivity index (χ1) is 5.88. The molecule has 2 nitrogen and oxygen atoms in total. The highest BCUT2D eigenvalue weighted by molar-refractivity contribution is 7.10. The van der Waals surface area contributed by atoms with Crippen LogP contribution in [0.2, 0.25) is 0 Å². The fraction of sp³-hybridized carbons (Fsp3) is 0.556. The van der Waals surface area contributed by atoms with Crippen molar-refractivity contribution in [3.63, 3.8) is 0 Å². The second-order valence-electron chi connectivity index (χ2n) is 3.25. The molecule has 0 bridgehead atoms.